The van der Waals surface area contributed by atoms with Crippen LogP contribution in [0.4, 0.5) is 13.2 Å². The van der Waals surface area contributed by atoms with E-state index in [2.05, 4.69) is 0 Å². The Balaban J connectivity index is 1.76. The summed E-state index contributed by atoms with van der Waals surface area (Å²) >= 11 is 6.06. The van der Waals surface area contributed by atoms with Crippen LogP contribution in [0.15, 0.2) is 91.0 Å². The fourth-order valence-electron chi connectivity index (χ4n) is 4.79. The molecule has 0 atom stereocenters. The van der Waals surface area contributed by atoms with Gasteiger partial charge in [-0.05, 0) is 70.6 Å². The average Bonchev–Trinajstić information content (AvgIpc) is 3.22. The zero-order valence-corrected chi connectivity index (χ0v) is 21.1. The Bertz CT molecular complexity index is 1640. The lowest BCUT2D eigenvalue weighted by molar-refractivity contribution is -0.137. The molecule has 5 rings (SSSR count). The fraction of sp³-hybridized carbons (Fsp3) is 0.129. The molecule has 0 fully saturated rings. The van der Waals surface area contributed by atoms with Crippen LogP contribution in [-0.2, 0) is 19.1 Å². The molecule has 0 spiro atoms. The molecule has 0 bridgehead atoms. The first-order chi connectivity index (χ1) is 18.2. The maximum atomic E-state index is 13.4. The van der Waals surface area contributed by atoms with E-state index in [-0.39, 0.29) is 12.2 Å². The van der Waals surface area contributed by atoms with E-state index in [1.807, 2.05) is 61.5 Å². The standard InChI is InChI=1S/C31H23ClF3NO2/c1-2-19-6-8-22(9-7-19)28-26-17-23(21-10-13-25(32)14-11-21)12-15-27(26)36(29(28)30(37)38)18-20-4-3-5-24(16-20)31(33,34)35/h3-17H,2,18H2,1H3,(H,37,38). The highest BCUT2D eigenvalue weighted by Crippen LogP contribution is 2.39. The number of carboxylic acids is 1. The monoisotopic (exact) mass is 533 g/mol. The topological polar surface area (TPSA) is 42.2 Å². The smallest absolute Gasteiger partial charge is 0.416 e. The maximum Gasteiger partial charge on any atom is 0.416 e. The average molecular weight is 534 g/mol. The Morgan fingerprint density at radius 3 is 2.13 bits per heavy atom. The molecule has 1 heterocycles. The molecule has 0 aliphatic carbocycles. The molecule has 192 valence electrons. The second-order valence-corrected chi connectivity index (χ2v) is 9.54. The molecular formula is C31H23ClF3NO2. The molecule has 0 saturated heterocycles. The molecule has 1 aromatic heterocycles. The fourth-order valence-corrected chi connectivity index (χ4v) is 4.92. The number of alkyl halides is 3. The number of benzene rings is 4. The van der Waals surface area contributed by atoms with Crippen LogP contribution in [0.3, 0.4) is 0 Å². The van der Waals surface area contributed by atoms with E-state index in [1.54, 1.807) is 22.8 Å². The highest BCUT2D eigenvalue weighted by Gasteiger charge is 2.31. The zero-order chi connectivity index (χ0) is 27.0. The molecule has 0 saturated carbocycles. The number of aryl methyl sites for hydroxylation is 1. The molecule has 3 nitrogen and oxygen atoms in total. The summed E-state index contributed by atoms with van der Waals surface area (Å²) in [5.41, 5.74) is 4.36. The van der Waals surface area contributed by atoms with Crippen LogP contribution in [0.2, 0.25) is 5.02 Å². The van der Waals surface area contributed by atoms with Crippen molar-refractivity contribution >= 4 is 28.5 Å². The van der Waals surface area contributed by atoms with Crippen molar-refractivity contribution in [3.05, 3.63) is 118 Å². The van der Waals surface area contributed by atoms with E-state index in [4.69, 9.17) is 11.6 Å². The second-order valence-electron chi connectivity index (χ2n) is 9.10. The SMILES string of the molecule is CCc1ccc(-c2c(C(=O)O)n(Cc3cccc(C(F)(F)F)c3)c3ccc(-c4ccc(Cl)cc4)cc23)cc1. The lowest BCUT2D eigenvalue weighted by atomic mass is 9.97. The van der Waals surface area contributed by atoms with Crippen molar-refractivity contribution in [2.24, 2.45) is 0 Å². The molecule has 38 heavy (non-hydrogen) atoms. The predicted octanol–water partition coefficient (Wildman–Crippen LogP) is 8.96. The summed E-state index contributed by atoms with van der Waals surface area (Å²) in [7, 11) is 0. The van der Waals surface area contributed by atoms with Gasteiger partial charge >= 0.3 is 12.1 Å². The first kappa shape index (κ1) is 25.6. The third-order valence-corrected chi connectivity index (χ3v) is 6.94. The predicted molar refractivity (Wildman–Crippen MR) is 145 cm³/mol. The number of nitrogens with zero attached hydrogens (tertiary/aromatic N) is 1. The van der Waals surface area contributed by atoms with Crippen molar-refractivity contribution in [2.75, 3.05) is 0 Å². The normalized spacial score (nSPS) is 11.7. The molecule has 5 aromatic rings. The van der Waals surface area contributed by atoms with Crippen molar-refractivity contribution < 1.29 is 23.1 Å². The van der Waals surface area contributed by atoms with Crippen LogP contribution >= 0.6 is 11.6 Å². The summed E-state index contributed by atoms with van der Waals surface area (Å²) < 4.78 is 41.7. The number of aromatic carboxylic acids is 1. The Morgan fingerprint density at radius 1 is 0.842 bits per heavy atom. The Kier molecular flexibility index (Phi) is 6.76. The first-order valence-corrected chi connectivity index (χ1v) is 12.4. The minimum atomic E-state index is -4.50. The molecule has 4 aromatic carbocycles. The van der Waals surface area contributed by atoms with E-state index in [1.165, 1.54) is 6.07 Å². The zero-order valence-electron chi connectivity index (χ0n) is 20.4. The molecule has 0 radical (unpaired) electrons. The third-order valence-electron chi connectivity index (χ3n) is 6.69. The molecule has 0 unspecified atom stereocenters. The highest BCUT2D eigenvalue weighted by molar-refractivity contribution is 6.30. The number of rotatable bonds is 6. The summed E-state index contributed by atoms with van der Waals surface area (Å²) in [4.78, 5) is 12.7. The van der Waals surface area contributed by atoms with Crippen molar-refractivity contribution in [2.45, 2.75) is 26.1 Å². The molecule has 1 N–H and O–H groups in total. The van der Waals surface area contributed by atoms with Gasteiger partial charge in [0.1, 0.15) is 5.69 Å². The second kappa shape index (κ2) is 10.0. The van der Waals surface area contributed by atoms with Gasteiger partial charge in [0.2, 0.25) is 0 Å². The van der Waals surface area contributed by atoms with Crippen LogP contribution in [-0.4, -0.2) is 15.6 Å². The van der Waals surface area contributed by atoms with E-state index in [0.717, 1.165) is 40.8 Å². The van der Waals surface area contributed by atoms with Gasteiger partial charge in [-0.1, -0.05) is 73.1 Å². The van der Waals surface area contributed by atoms with Gasteiger partial charge in [-0.15, -0.1) is 0 Å². The first-order valence-electron chi connectivity index (χ1n) is 12.1. The maximum absolute atomic E-state index is 13.4. The lowest BCUT2D eigenvalue weighted by Crippen LogP contribution is -2.12. The van der Waals surface area contributed by atoms with E-state index in [0.29, 0.717) is 27.1 Å². The summed E-state index contributed by atoms with van der Waals surface area (Å²) in [6.07, 6.45) is -3.66. The number of halogens is 4. The van der Waals surface area contributed by atoms with E-state index in [9.17, 15) is 23.1 Å². The van der Waals surface area contributed by atoms with Gasteiger partial charge in [-0.25, -0.2) is 4.79 Å². The Morgan fingerprint density at radius 2 is 1.50 bits per heavy atom. The highest BCUT2D eigenvalue weighted by atomic mass is 35.5. The number of fused-ring (bicyclic) bond motifs is 1. The van der Waals surface area contributed by atoms with Crippen molar-refractivity contribution in [3.8, 4) is 22.3 Å². The van der Waals surface area contributed by atoms with Gasteiger partial charge in [-0.2, -0.15) is 13.2 Å². The molecule has 0 aliphatic heterocycles. The lowest BCUT2D eigenvalue weighted by Gasteiger charge is -2.12. The third kappa shape index (κ3) is 4.92. The minimum absolute atomic E-state index is 0.0231. The van der Waals surface area contributed by atoms with Crippen LogP contribution in [0.5, 0.6) is 0 Å². The van der Waals surface area contributed by atoms with Gasteiger partial charge in [-0.3, -0.25) is 0 Å². The quantitative estimate of drug-likeness (QED) is 0.237. The van der Waals surface area contributed by atoms with Crippen molar-refractivity contribution in [3.63, 3.8) is 0 Å². The number of hydrogen-bond donors (Lipinski definition) is 1. The summed E-state index contributed by atoms with van der Waals surface area (Å²) in [5, 5.41) is 11.7. The van der Waals surface area contributed by atoms with Crippen LogP contribution in [0, 0.1) is 0 Å². The van der Waals surface area contributed by atoms with Gasteiger partial charge in [0, 0.05) is 28.0 Å². The van der Waals surface area contributed by atoms with Gasteiger partial charge in [0.05, 0.1) is 5.56 Å². The number of carboxylic acid groups (broad SMARTS) is 1. The molecular weight excluding hydrogens is 511 g/mol. The largest absolute Gasteiger partial charge is 0.477 e. The molecule has 0 aliphatic rings. The minimum Gasteiger partial charge on any atom is -0.477 e. The van der Waals surface area contributed by atoms with Crippen LogP contribution in [0.25, 0.3) is 33.2 Å². The van der Waals surface area contributed by atoms with Crippen LogP contribution in [0.1, 0.15) is 34.1 Å². The van der Waals surface area contributed by atoms with E-state index < -0.39 is 17.7 Å². The molecule has 7 heteroatoms. The summed E-state index contributed by atoms with van der Waals surface area (Å²) in [6.45, 7) is 2.01. The van der Waals surface area contributed by atoms with Crippen molar-refractivity contribution in [1.29, 1.82) is 0 Å². The van der Waals surface area contributed by atoms with Gasteiger partial charge in [0.15, 0.2) is 0 Å². The molecule has 0 amide bonds. The number of hydrogen-bond acceptors (Lipinski definition) is 1. The van der Waals surface area contributed by atoms with Crippen LogP contribution < -0.4 is 0 Å². The van der Waals surface area contributed by atoms with Gasteiger partial charge < -0.3 is 9.67 Å². The van der Waals surface area contributed by atoms with Gasteiger partial charge in [0.25, 0.3) is 0 Å². The van der Waals surface area contributed by atoms with Crippen molar-refractivity contribution in [1.82, 2.24) is 4.57 Å². The summed E-state index contributed by atoms with van der Waals surface area (Å²) in [5.74, 6) is -1.16. The Hall–Kier alpha value is -4.03. The number of aromatic nitrogens is 1. The van der Waals surface area contributed by atoms with E-state index >= 15 is 0 Å². The Labute approximate surface area is 222 Å². The summed E-state index contributed by atoms with van der Waals surface area (Å²) in [6, 6.07) is 25.7. The number of carbonyl (C=O) groups is 1.